The Morgan fingerprint density at radius 2 is 1.96 bits per heavy atom. The summed E-state index contributed by atoms with van der Waals surface area (Å²) in [5.74, 6) is -1.75. The van der Waals surface area contributed by atoms with E-state index in [9.17, 15) is 13.6 Å². The van der Waals surface area contributed by atoms with Crippen LogP contribution in [0.5, 0.6) is 0 Å². The SMILES string of the molecule is CN(C(=O)[C@@H](N)Cc1cc(F)cc(F)c1)c1ccc2snnc2c1. The van der Waals surface area contributed by atoms with Gasteiger partial charge in [-0.05, 0) is 53.8 Å². The second kappa shape index (κ2) is 6.58. The van der Waals surface area contributed by atoms with Crippen LogP contribution in [-0.2, 0) is 11.2 Å². The summed E-state index contributed by atoms with van der Waals surface area (Å²) in [6, 6.07) is 7.54. The van der Waals surface area contributed by atoms with Crippen LogP contribution in [0.25, 0.3) is 10.2 Å². The number of hydrogen-bond acceptors (Lipinski definition) is 5. The Morgan fingerprint density at radius 3 is 2.67 bits per heavy atom. The van der Waals surface area contributed by atoms with Crippen LogP contribution in [0.1, 0.15) is 5.56 Å². The van der Waals surface area contributed by atoms with Crippen LogP contribution < -0.4 is 10.6 Å². The zero-order valence-corrected chi connectivity index (χ0v) is 13.6. The van der Waals surface area contributed by atoms with Gasteiger partial charge < -0.3 is 10.6 Å². The largest absolute Gasteiger partial charge is 0.320 e. The van der Waals surface area contributed by atoms with Gasteiger partial charge in [0.15, 0.2) is 0 Å². The number of aromatic nitrogens is 2. The summed E-state index contributed by atoms with van der Waals surface area (Å²) in [6.07, 6.45) is 0.0400. The Balaban J connectivity index is 1.76. The highest BCUT2D eigenvalue weighted by Gasteiger charge is 2.20. The molecule has 2 aromatic carbocycles. The van der Waals surface area contributed by atoms with Crippen molar-refractivity contribution in [3.63, 3.8) is 0 Å². The topological polar surface area (TPSA) is 72.1 Å². The standard InChI is InChI=1S/C16H14F2N4OS/c1-22(12-2-3-15-14(8-12)20-21-24-15)16(23)13(19)6-9-4-10(17)7-11(18)5-9/h2-5,7-8,13H,6,19H2,1H3/t13-/m0/s1. The summed E-state index contributed by atoms with van der Waals surface area (Å²) < 4.78 is 31.2. The predicted octanol–water partition coefficient (Wildman–Crippen LogP) is 2.50. The summed E-state index contributed by atoms with van der Waals surface area (Å²) in [5.41, 5.74) is 7.57. The fraction of sp³-hybridized carbons (Fsp3) is 0.188. The molecule has 0 saturated carbocycles. The zero-order valence-electron chi connectivity index (χ0n) is 12.7. The molecule has 1 amide bonds. The van der Waals surface area contributed by atoms with E-state index in [2.05, 4.69) is 9.59 Å². The maximum Gasteiger partial charge on any atom is 0.243 e. The molecule has 1 aromatic heterocycles. The first kappa shape index (κ1) is 16.4. The van der Waals surface area contributed by atoms with Gasteiger partial charge in [-0.3, -0.25) is 4.79 Å². The summed E-state index contributed by atoms with van der Waals surface area (Å²) >= 11 is 1.27. The van der Waals surface area contributed by atoms with Gasteiger partial charge in [0.1, 0.15) is 17.2 Å². The van der Waals surface area contributed by atoms with E-state index in [0.717, 1.165) is 10.8 Å². The summed E-state index contributed by atoms with van der Waals surface area (Å²) in [6.45, 7) is 0. The minimum atomic E-state index is -0.916. The Hall–Kier alpha value is -2.45. The Labute approximate surface area is 140 Å². The molecular weight excluding hydrogens is 334 g/mol. The van der Waals surface area contributed by atoms with Crippen LogP contribution in [0.2, 0.25) is 0 Å². The van der Waals surface area contributed by atoms with Crippen molar-refractivity contribution in [3.8, 4) is 0 Å². The number of hydrogen-bond donors (Lipinski definition) is 1. The molecule has 1 heterocycles. The highest BCUT2D eigenvalue weighted by Crippen LogP contribution is 2.22. The van der Waals surface area contributed by atoms with Gasteiger partial charge in [-0.25, -0.2) is 8.78 Å². The fourth-order valence-corrected chi connectivity index (χ4v) is 2.96. The Kier molecular flexibility index (Phi) is 4.50. The molecule has 1 atom stereocenters. The van der Waals surface area contributed by atoms with Gasteiger partial charge in [-0.1, -0.05) is 4.49 Å². The van der Waals surface area contributed by atoms with E-state index < -0.39 is 17.7 Å². The third kappa shape index (κ3) is 3.39. The zero-order chi connectivity index (χ0) is 17.3. The molecule has 2 N–H and O–H groups in total. The normalized spacial score (nSPS) is 12.3. The number of nitrogens with two attached hydrogens (primary N) is 1. The first-order valence-electron chi connectivity index (χ1n) is 7.14. The van der Waals surface area contributed by atoms with E-state index in [1.807, 2.05) is 6.07 Å². The van der Waals surface area contributed by atoms with Gasteiger partial charge >= 0.3 is 0 Å². The van der Waals surface area contributed by atoms with Gasteiger partial charge in [0.25, 0.3) is 0 Å². The minimum Gasteiger partial charge on any atom is -0.320 e. The van der Waals surface area contributed by atoms with Gasteiger partial charge in [0.05, 0.1) is 10.7 Å². The first-order valence-corrected chi connectivity index (χ1v) is 7.91. The summed E-state index contributed by atoms with van der Waals surface area (Å²) in [7, 11) is 1.59. The number of rotatable bonds is 4. The third-order valence-corrected chi connectivity index (χ3v) is 4.35. The number of anilines is 1. The number of halogens is 2. The first-order chi connectivity index (χ1) is 11.4. The third-order valence-electron chi connectivity index (χ3n) is 3.64. The predicted molar refractivity (Wildman–Crippen MR) is 88.9 cm³/mol. The second-order valence-electron chi connectivity index (χ2n) is 5.41. The summed E-state index contributed by atoms with van der Waals surface area (Å²) in [4.78, 5) is 13.9. The lowest BCUT2D eigenvalue weighted by atomic mass is 10.0. The smallest absolute Gasteiger partial charge is 0.243 e. The lowest BCUT2D eigenvalue weighted by Gasteiger charge is -2.21. The molecule has 24 heavy (non-hydrogen) atoms. The lowest BCUT2D eigenvalue weighted by Crippen LogP contribution is -2.43. The molecule has 124 valence electrons. The Morgan fingerprint density at radius 1 is 1.25 bits per heavy atom. The lowest BCUT2D eigenvalue weighted by molar-refractivity contribution is -0.119. The molecule has 0 bridgehead atoms. The van der Waals surface area contributed by atoms with E-state index in [0.29, 0.717) is 16.8 Å². The van der Waals surface area contributed by atoms with Crippen molar-refractivity contribution < 1.29 is 13.6 Å². The average molecular weight is 348 g/mol. The van der Waals surface area contributed by atoms with Gasteiger partial charge in [-0.15, -0.1) is 5.10 Å². The van der Waals surface area contributed by atoms with Crippen molar-refractivity contribution in [2.45, 2.75) is 12.5 Å². The van der Waals surface area contributed by atoms with Crippen molar-refractivity contribution in [2.24, 2.45) is 5.73 Å². The summed E-state index contributed by atoms with van der Waals surface area (Å²) in [5, 5.41) is 3.97. The van der Waals surface area contributed by atoms with Crippen molar-refractivity contribution in [3.05, 3.63) is 53.6 Å². The Bertz CT molecular complexity index is 878. The molecule has 3 rings (SSSR count). The molecule has 8 heteroatoms. The highest BCUT2D eigenvalue weighted by molar-refractivity contribution is 7.12. The number of nitrogens with zero attached hydrogens (tertiary/aromatic N) is 3. The van der Waals surface area contributed by atoms with Crippen molar-refractivity contribution >= 4 is 33.3 Å². The minimum absolute atomic E-state index is 0.0400. The average Bonchev–Trinajstić information content (AvgIpc) is 2.99. The van der Waals surface area contributed by atoms with Gasteiger partial charge in [0.2, 0.25) is 5.91 Å². The van der Waals surface area contributed by atoms with Crippen molar-refractivity contribution in [1.82, 2.24) is 9.59 Å². The van der Waals surface area contributed by atoms with Crippen LogP contribution >= 0.6 is 11.5 Å². The number of amides is 1. The highest BCUT2D eigenvalue weighted by atomic mass is 32.1. The number of likely N-dealkylation sites (N-methyl/N-ethyl adjacent to an activating group) is 1. The van der Waals surface area contributed by atoms with E-state index in [1.54, 1.807) is 19.2 Å². The van der Waals surface area contributed by atoms with Gasteiger partial charge in [0, 0.05) is 18.8 Å². The molecule has 0 aliphatic rings. The maximum atomic E-state index is 13.2. The van der Waals surface area contributed by atoms with Crippen molar-refractivity contribution in [1.29, 1.82) is 0 Å². The van der Waals surface area contributed by atoms with Crippen molar-refractivity contribution in [2.75, 3.05) is 11.9 Å². The molecular formula is C16H14F2N4OS. The van der Waals surface area contributed by atoms with Crippen LogP contribution in [0, 0.1) is 11.6 Å². The molecule has 0 aliphatic heterocycles. The number of carbonyl (C=O) groups excluding carboxylic acids is 1. The molecule has 0 saturated heterocycles. The maximum absolute atomic E-state index is 13.2. The van der Waals surface area contributed by atoms with Crippen LogP contribution in [0.15, 0.2) is 36.4 Å². The molecule has 0 spiro atoms. The van der Waals surface area contributed by atoms with Gasteiger partial charge in [-0.2, -0.15) is 0 Å². The quantitative estimate of drug-likeness (QED) is 0.786. The molecule has 0 radical (unpaired) electrons. The number of fused-ring (bicyclic) bond motifs is 1. The van der Waals surface area contributed by atoms with E-state index in [4.69, 9.17) is 5.73 Å². The second-order valence-corrected chi connectivity index (χ2v) is 6.20. The monoisotopic (exact) mass is 348 g/mol. The van der Waals surface area contributed by atoms with E-state index in [1.165, 1.54) is 28.6 Å². The van der Waals surface area contributed by atoms with Crippen LogP contribution in [-0.4, -0.2) is 28.6 Å². The molecule has 5 nitrogen and oxygen atoms in total. The van der Waals surface area contributed by atoms with Crippen LogP contribution in [0.4, 0.5) is 14.5 Å². The van der Waals surface area contributed by atoms with Crippen LogP contribution in [0.3, 0.4) is 0 Å². The number of carbonyl (C=O) groups is 1. The molecule has 0 unspecified atom stereocenters. The van der Waals surface area contributed by atoms with E-state index in [-0.39, 0.29) is 12.3 Å². The molecule has 0 aliphatic carbocycles. The number of benzene rings is 2. The molecule has 0 fully saturated rings. The fourth-order valence-electron chi connectivity index (χ4n) is 2.42. The molecule has 3 aromatic rings. The van der Waals surface area contributed by atoms with E-state index >= 15 is 0 Å².